The molecule has 9 heteroatoms. The molecule has 0 spiro atoms. The summed E-state index contributed by atoms with van der Waals surface area (Å²) in [6, 6.07) is -0.882. The lowest BCUT2D eigenvalue weighted by molar-refractivity contribution is -0.870. The summed E-state index contributed by atoms with van der Waals surface area (Å²) in [5.41, 5.74) is 0. The molecule has 0 aliphatic rings. The van der Waals surface area contributed by atoms with Gasteiger partial charge in [0.15, 0.2) is 0 Å². The number of phosphoric ester groups is 1. The first-order valence-electron chi connectivity index (χ1n) is 28.3. The average Bonchev–Trinajstić information content (AvgIpc) is 3.30. The fourth-order valence-corrected chi connectivity index (χ4v) is 8.73. The predicted octanol–water partition coefficient (Wildman–Crippen LogP) is 16.5. The van der Waals surface area contributed by atoms with Crippen molar-refractivity contribution in [3.05, 3.63) is 72.9 Å². The van der Waals surface area contributed by atoms with Crippen molar-refractivity contribution in [1.29, 1.82) is 0 Å². The molecule has 3 atom stereocenters. The fourth-order valence-electron chi connectivity index (χ4n) is 8.00. The van der Waals surface area contributed by atoms with Crippen LogP contribution >= 0.6 is 7.82 Å². The standard InChI is InChI=1S/C59H109N2O6P/c1-6-8-10-12-13-14-15-16-17-18-19-20-21-22-23-24-25-26-27-28-29-30-31-32-33-34-35-36-37-38-39-40-41-42-43-44-45-46-47-49-51-53-59(63)60-57(58(62)52-50-48-11-9-7-2)56-67-68(64,65)66-55-54-61(3,4)5/h8,10,13-14,16-17,19-20,22-23,50,52,57-58,62H,6-7,9,11-12,15,18,21,24-49,51,53-56H2,1-5H3,(H-,60,63,64,65)/b10-8-,14-13-,17-16-,20-19-,23-22-,52-50+. The van der Waals surface area contributed by atoms with Crippen molar-refractivity contribution in [2.75, 3.05) is 40.9 Å². The third-order valence-corrected chi connectivity index (χ3v) is 13.4. The third kappa shape index (κ3) is 51.8. The van der Waals surface area contributed by atoms with Gasteiger partial charge in [-0.1, -0.05) is 247 Å². The van der Waals surface area contributed by atoms with Crippen molar-refractivity contribution in [2.24, 2.45) is 0 Å². The van der Waals surface area contributed by atoms with E-state index in [1.165, 1.54) is 148 Å². The number of carbonyl (C=O) groups excluding carboxylic acids is 1. The molecule has 0 aliphatic carbocycles. The second kappa shape index (κ2) is 49.9. The van der Waals surface area contributed by atoms with Gasteiger partial charge in [-0.05, 0) is 64.2 Å². The second-order valence-electron chi connectivity index (χ2n) is 20.3. The number of hydrogen-bond acceptors (Lipinski definition) is 6. The molecule has 0 heterocycles. The van der Waals surface area contributed by atoms with E-state index in [2.05, 4.69) is 79.9 Å². The first kappa shape index (κ1) is 65.9. The molecule has 0 bridgehead atoms. The van der Waals surface area contributed by atoms with Gasteiger partial charge in [0, 0.05) is 6.42 Å². The topological polar surface area (TPSA) is 108 Å². The summed E-state index contributed by atoms with van der Waals surface area (Å²) >= 11 is 0. The molecule has 0 radical (unpaired) electrons. The Labute approximate surface area is 421 Å². The zero-order valence-corrected chi connectivity index (χ0v) is 45.9. The summed E-state index contributed by atoms with van der Waals surface area (Å²) < 4.78 is 23.0. The Morgan fingerprint density at radius 2 is 0.897 bits per heavy atom. The number of quaternary nitrogens is 1. The number of carbonyl (C=O) groups is 1. The Balaban J connectivity index is 3.68. The first-order chi connectivity index (χ1) is 33.0. The summed E-state index contributed by atoms with van der Waals surface area (Å²) in [6.07, 6.45) is 69.2. The van der Waals surface area contributed by atoms with Crippen molar-refractivity contribution in [3.8, 4) is 0 Å². The van der Waals surface area contributed by atoms with E-state index in [-0.39, 0.29) is 19.1 Å². The quantitative estimate of drug-likeness (QED) is 0.0272. The van der Waals surface area contributed by atoms with E-state index < -0.39 is 20.0 Å². The van der Waals surface area contributed by atoms with Crippen LogP contribution in [0.15, 0.2) is 72.9 Å². The summed E-state index contributed by atoms with van der Waals surface area (Å²) in [4.78, 5) is 25.2. The second-order valence-corrected chi connectivity index (χ2v) is 21.7. The van der Waals surface area contributed by atoms with E-state index in [1.54, 1.807) is 6.08 Å². The van der Waals surface area contributed by atoms with E-state index in [0.717, 1.165) is 77.0 Å². The minimum Gasteiger partial charge on any atom is -0.756 e. The molecule has 396 valence electrons. The maximum absolute atomic E-state index is 12.8. The van der Waals surface area contributed by atoms with Gasteiger partial charge in [-0.3, -0.25) is 9.36 Å². The monoisotopic (exact) mass is 973 g/mol. The molecule has 8 nitrogen and oxygen atoms in total. The smallest absolute Gasteiger partial charge is 0.268 e. The molecule has 68 heavy (non-hydrogen) atoms. The van der Waals surface area contributed by atoms with Gasteiger partial charge in [-0.2, -0.15) is 0 Å². The van der Waals surface area contributed by atoms with Gasteiger partial charge in [0.2, 0.25) is 5.91 Å². The highest BCUT2D eigenvalue weighted by molar-refractivity contribution is 7.45. The minimum atomic E-state index is -4.57. The predicted molar refractivity (Wildman–Crippen MR) is 293 cm³/mol. The zero-order chi connectivity index (χ0) is 49.9. The van der Waals surface area contributed by atoms with E-state index in [0.29, 0.717) is 17.4 Å². The maximum Gasteiger partial charge on any atom is 0.268 e. The van der Waals surface area contributed by atoms with Crippen LogP contribution in [0.25, 0.3) is 0 Å². The molecule has 0 saturated carbocycles. The highest BCUT2D eigenvalue weighted by Gasteiger charge is 2.23. The number of unbranched alkanes of at least 4 members (excludes halogenated alkanes) is 28. The molecule has 0 saturated heterocycles. The molecule has 0 aromatic rings. The number of nitrogens with one attached hydrogen (secondary N) is 1. The van der Waals surface area contributed by atoms with Crippen molar-refractivity contribution in [1.82, 2.24) is 5.32 Å². The lowest BCUT2D eigenvalue weighted by Gasteiger charge is -2.29. The zero-order valence-electron chi connectivity index (χ0n) is 45.0. The van der Waals surface area contributed by atoms with Crippen LogP contribution in [-0.4, -0.2) is 68.5 Å². The molecule has 0 aliphatic heterocycles. The van der Waals surface area contributed by atoms with Gasteiger partial charge < -0.3 is 28.8 Å². The largest absolute Gasteiger partial charge is 0.756 e. The van der Waals surface area contributed by atoms with Crippen LogP contribution in [0.5, 0.6) is 0 Å². The number of phosphoric acid groups is 1. The number of aliphatic hydroxyl groups excluding tert-OH is 1. The summed E-state index contributed by atoms with van der Waals surface area (Å²) in [7, 11) is 1.26. The van der Waals surface area contributed by atoms with Gasteiger partial charge in [0.25, 0.3) is 7.82 Å². The lowest BCUT2D eigenvalue weighted by atomic mass is 10.0. The SMILES string of the molecule is CC/C=C\C/C=C\C/C=C\C/C=C\C/C=C\CCCCCCCCCCCCCCCCCCCCCCCCCCCC(=O)NC(COP(=O)([O-])OCC[N+](C)(C)C)C(O)/C=C/CCCCC. The van der Waals surface area contributed by atoms with Gasteiger partial charge >= 0.3 is 0 Å². The van der Waals surface area contributed by atoms with Crippen LogP contribution in [0, 0.1) is 0 Å². The fraction of sp³-hybridized carbons (Fsp3) is 0.780. The minimum absolute atomic E-state index is 0.00187. The molecular weight excluding hydrogens is 864 g/mol. The number of aliphatic hydroxyl groups is 1. The first-order valence-corrected chi connectivity index (χ1v) is 29.8. The maximum atomic E-state index is 12.8. The summed E-state index contributed by atoms with van der Waals surface area (Å²) in [5, 5.41) is 13.6. The van der Waals surface area contributed by atoms with Crippen LogP contribution in [-0.2, 0) is 18.4 Å². The van der Waals surface area contributed by atoms with Crippen LogP contribution in [0.4, 0.5) is 0 Å². The van der Waals surface area contributed by atoms with Crippen LogP contribution < -0.4 is 10.2 Å². The molecule has 1 amide bonds. The summed E-state index contributed by atoms with van der Waals surface area (Å²) in [6.45, 7) is 4.42. The molecular formula is C59H109N2O6P. The molecule has 3 unspecified atom stereocenters. The molecule has 0 aromatic carbocycles. The average molecular weight is 974 g/mol. The van der Waals surface area contributed by atoms with Crippen molar-refractivity contribution < 1.29 is 32.9 Å². The van der Waals surface area contributed by atoms with Crippen LogP contribution in [0.1, 0.15) is 245 Å². The third-order valence-electron chi connectivity index (χ3n) is 12.4. The summed E-state index contributed by atoms with van der Waals surface area (Å²) in [5.74, 6) is -0.203. The van der Waals surface area contributed by atoms with Crippen LogP contribution in [0.2, 0.25) is 0 Å². The highest BCUT2D eigenvalue weighted by Crippen LogP contribution is 2.38. The number of likely N-dealkylation sites (N-methyl/N-ethyl adjacent to an activating group) is 1. The van der Waals surface area contributed by atoms with Gasteiger partial charge in [0.1, 0.15) is 13.2 Å². The van der Waals surface area contributed by atoms with Crippen LogP contribution in [0.3, 0.4) is 0 Å². The number of hydrogen-bond donors (Lipinski definition) is 2. The number of allylic oxidation sites excluding steroid dienone is 11. The van der Waals surface area contributed by atoms with Gasteiger partial charge in [-0.25, -0.2) is 0 Å². The van der Waals surface area contributed by atoms with Crippen molar-refractivity contribution >= 4 is 13.7 Å². The number of amides is 1. The Bertz CT molecular complexity index is 1330. The number of nitrogens with zero attached hydrogens (tertiary/aromatic N) is 1. The number of rotatable bonds is 51. The Morgan fingerprint density at radius 3 is 1.31 bits per heavy atom. The molecule has 0 fully saturated rings. The van der Waals surface area contributed by atoms with E-state index in [1.807, 2.05) is 27.2 Å². The highest BCUT2D eigenvalue weighted by atomic mass is 31.2. The Morgan fingerprint density at radius 1 is 0.529 bits per heavy atom. The van der Waals surface area contributed by atoms with Crippen molar-refractivity contribution in [3.63, 3.8) is 0 Å². The molecule has 2 N–H and O–H groups in total. The Hall–Kier alpha value is -2.06. The van der Waals surface area contributed by atoms with E-state index in [9.17, 15) is 19.4 Å². The van der Waals surface area contributed by atoms with Gasteiger partial charge in [0.05, 0.1) is 39.9 Å². The van der Waals surface area contributed by atoms with Gasteiger partial charge in [-0.15, -0.1) is 0 Å². The normalized spacial score (nSPS) is 14.5. The van der Waals surface area contributed by atoms with E-state index >= 15 is 0 Å². The Kier molecular flexibility index (Phi) is 48.4. The lowest BCUT2D eigenvalue weighted by Crippen LogP contribution is -2.45. The molecule has 0 rings (SSSR count). The molecule has 0 aromatic heterocycles. The van der Waals surface area contributed by atoms with E-state index in [4.69, 9.17) is 9.05 Å². The van der Waals surface area contributed by atoms with Crippen molar-refractivity contribution in [2.45, 2.75) is 257 Å².